The first-order valence-electron chi connectivity index (χ1n) is 6.39. The maximum Gasteiger partial charge on any atom is 0.119 e. The van der Waals surface area contributed by atoms with E-state index in [9.17, 15) is 0 Å². The maximum atomic E-state index is 9.15. The van der Waals surface area contributed by atoms with Crippen LogP contribution in [-0.2, 0) is 0 Å². The van der Waals surface area contributed by atoms with E-state index in [0.717, 1.165) is 38.4 Å². The molecule has 94 valence electrons. The number of hydrogen-bond donors (Lipinski definition) is 1. The highest BCUT2D eigenvalue weighted by molar-refractivity contribution is 5.20. The second-order valence-corrected chi connectivity index (χ2v) is 4.65. The lowest BCUT2D eigenvalue weighted by Gasteiger charge is -2.31. The van der Waals surface area contributed by atoms with Gasteiger partial charge < -0.3 is 9.84 Å². The molecule has 0 saturated carbocycles. The molecule has 0 radical (unpaired) electrons. The first-order chi connectivity index (χ1) is 8.38. The second kappa shape index (κ2) is 6.62. The van der Waals surface area contributed by atoms with Crippen molar-refractivity contribution >= 4 is 0 Å². The van der Waals surface area contributed by atoms with Crippen LogP contribution in [0, 0.1) is 5.92 Å². The van der Waals surface area contributed by atoms with E-state index in [0.29, 0.717) is 12.5 Å². The van der Waals surface area contributed by atoms with E-state index in [1.54, 1.807) is 0 Å². The highest BCUT2D eigenvalue weighted by Crippen LogP contribution is 2.15. The Balaban J connectivity index is 1.68. The van der Waals surface area contributed by atoms with E-state index in [1.807, 2.05) is 30.3 Å². The van der Waals surface area contributed by atoms with Crippen molar-refractivity contribution in [2.45, 2.75) is 12.8 Å². The number of aliphatic hydroxyl groups excluding tert-OH is 1. The molecule has 0 bridgehead atoms. The molecule has 1 aliphatic rings. The molecule has 1 heterocycles. The van der Waals surface area contributed by atoms with Gasteiger partial charge in [0.15, 0.2) is 0 Å². The largest absolute Gasteiger partial charge is 0.492 e. The Hall–Kier alpha value is -1.06. The molecular weight excluding hydrogens is 214 g/mol. The molecule has 0 spiro atoms. The third kappa shape index (κ3) is 4.02. The van der Waals surface area contributed by atoms with E-state index in [-0.39, 0.29) is 0 Å². The number of piperidine rings is 1. The lowest BCUT2D eigenvalue weighted by Crippen LogP contribution is -2.39. The van der Waals surface area contributed by atoms with Crippen molar-refractivity contribution in [3.05, 3.63) is 30.3 Å². The normalized spacial score (nSPS) is 21.4. The standard InChI is InChI=1S/C14H21NO2/c16-12-13-5-4-8-15(11-13)9-10-17-14-6-2-1-3-7-14/h1-3,6-7,13,16H,4-5,8-12H2/t13-/m0/s1. The van der Waals surface area contributed by atoms with Crippen LogP contribution >= 0.6 is 0 Å². The minimum Gasteiger partial charge on any atom is -0.492 e. The molecule has 1 fully saturated rings. The fourth-order valence-electron chi connectivity index (χ4n) is 2.31. The van der Waals surface area contributed by atoms with E-state index < -0.39 is 0 Å². The van der Waals surface area contributed by atoms with Crippen LogP contribution in [0.3, 0.4) is 0 Å². The highest BCUT2D eigenvalue weighted by atomic mass is 16.5. The van der Waals surface area contributed by atoms with Gasteiger partial charge in [-0.05, 0) is 37.4 Å². The first kappa shape index (κ1) is 12.4. The SMILES string of the molecule is OC[C@H]1CCCN(CCOc2ccccc2)C1. The molecule has 3 heteroatoms. The summed E-state index contributed by atoms with van der Waals surface area (Å²) in [6.07, 6.45) is 2.35. The van der Waals surface area contributed by atoms with Crippen molar-refractivity contribution in [3.63, 3.8) is 0 Å². The second-order valence-electron chi connectivity index (χ2n) is 4.65. The number of benzene rings is 1. The van der Waals surface area contributed by atoms with Crippen molar-refractivity contribution in [2.75, 3.05) is 32.8 Å². The predicted molar refractivity (Wildman–Crippen MR) is 68.2 cm³/mol. The zero-order chi connectivity index (χ0) is 11.9. The average Bonchev–Trinajstić information content (AvgIpc) is 2.40. The number of hydrogen-bond acceptors (Lipinski definition) is 3. The van der Waals surface area contributed by atoms with Gasteiger partial charge in [-0.3, -0.25) is 4.90 Å². The number of likely N-dealkylation sites (tertiary alicyclic amines) is 1. The molecule has 1 aromatic rings. The van der Waals surface area contributed by atoms with Crippen LogP contribution in [0.2, 0.25) is 0 Å². The summed E-state index contributed by atoms with van der Waals surface area (Å²) in [6, 6.07) is 9.92. The summed E-state index contributed by atoms with van der Waals surface area (Å²) in [6.45, 7) is 4.13. The van der Waals surface area contributed by atoms with E-state index in [4.69, 9.17) is 9.84 Å². The molecule has 0 aromatic heterocycles. The van der Waals surface area contributed by atoms with Gasteiger partial charge in [-0.15, -0.1) is 0 Å². The summed E-state index contributed by atoms with van der Waals surface area (Å²) >= 11 is 0. The van der Waals surface area contributed by atoms with Gasteiger partial charge >= 0.3 is 0 Å². The zero-order valence-electron chi connectivity index (χ0n) is 10.2. The molecule has 1 aromatic carbocycles. The van der Waals surface area contributed by atoms with Crippen molar-refractivity contribution in [1.82, 2.24) is 4.90 Å². The molecule has 17 heavy (non-hydrogen) atoms. The topological polar surface area (TPSA) is 32.7 Å². The monoisotopic (exact) mass is 235 g/mol. The molecule has 1 atom stereocenters. The smallest absolute Gasteiger partial charge is 0.119 e. The average molecular weight is 235 g/mol. The number of ether oxygens (including phenoxy) is 1. The third-order valence-electron chi connectivity index (χ3n) is 3.28. The molecule has 1 saturated heterocycles. The predicted octanol–water partition coefficient (Wildman–Crippen LogP) is 1.77. The van der Waals surface area contributed by atoms with Gasteiger partial charge in [-0.25, -0.2) is 0 Å². The van der Waals surface area contributed by atoms with Crippen molar-refractivity contribution in [2.24, 2.45) is 5.92 Å². The van der Waals surface area contributed by atoms with Crippen LogP contribution in [0.4, 0.5) is 0 Å². The number of rotatable bonds is 5. The summed E-state index contributed by atoms with van der Waals surface area (Å²) < 4.78 is 5.67. The molecule has 0 amide bonds. The Morgan fingerprint density at radius 3 is 2.88 bits per heavy atom. The Morgan fingerprint density at radius 1 is 1.29 bits per heavy atom. The summed E-state index contributed by atoms with van der Waals surface area (Å²) in [5.74, 6) is 1.39. The molecule has 0 unspecified atom stereocenters. The lowest BCUT2D eigenvalue weighted by molar-refractivity contribution is 0.107. The van der Waals surface area contributed by atoms with Gasteiger partial charge in [-0.1, -0.05) is 18.2 Å². The number of nitrogens with zero attached hydrogens (tertiary/aromatic N) is 1. The fraction of sp³-hybridized carbons (Fsp3) is 0.571. The molecule has 3 nitrogen and oxygen atoms in total. The Labute approximate surface area is 103 Å². The van der Waals surface area contributed by atoms with Crippen molar-refractivity contribution in [3.8, 4) is 5.75 Å². The number of para-hydroxylation sites is 1. The summed E-state index contributed by atoms with van der Waals surface area (Å²) in [4.78, 5) is 2.38. The van der Waals surface area contributed by atoms with Crippen molar-refractivity contribution < 1.29 is 9.84 Å². The van der Waals surface area contributed by atoms with Crippen LogP contribution in [0.1, 0.15) is 12.8 Å². The Morgan fingerprint density at radius 2 is 2.12 bits per heavy atom. The van der Waals surface area contributed by atoms with Gasteiger partial charge in [0.25, 0.3) is 0 Å². The van der Waals surface area contributed by atoms with Crippen LogP contribution < -0.4 is 4.74 Å². The number of aliphatic hydroxyl groups is 1. The van der Waals surface area contributed by atoms with Crippen LogP contribution in [0.15, 0.2) is 30.3 Å². The lowest BCUT2D eigenvalue weighted by atomic mass is 9.99. The minimum atomic E-state index is 0.316. The van der Waals surface area contributed by atoms with Crippen LogP contribution in [-0.4, -0.2) is 42.9 Å². The molecular formula is C14H21NO2. The van der Waals surface area contributed by atoms with Crippen molar-refractivity contribution in [1.29, 1.82) is 0 Å². The van der Waals surface area contributed by atoms with E-state index in [2.05, 4.69) is 4.90 Å². The van der Waals surface area contributed by atoms with E-state index >= 15 is 0 Å². The van der Waals surface area contributed by atoms with Gasteiger partial charge in [0, 0.05) is 19.7 Å². The fourth-order valence-corrected chi connectivity index (χ4v) is 2.31. The van der Waals surface area contributed by atoms with Gasteiger partial charge in [-0.2, -0.15) is 0 Å². The summed E-state index contributed by atoms with van der Waals surface area (Å²) in [5.41, 5.74) is 0. The quantitative estimate of drug-likeness (QED) is 0.844. The first-order valence-corrected chi connectivity index (χ1v) is 6.39. The molecule has 1 aliphatic heterocycles. The molecule has 2 rings (SSSR count). The van der Waals surface area contributed by atoms with Gasteiger partial charge in [0.1, 0.15) is 12.4 Å². The van der Waals surface area contributed by atoms with E-state index in [1.165, 1.54) is 6.42 Å². The maximum absolute atomic E-state index is 9.15. The highest BCUT2D eigenvalue weighted by Gasteiger charge is 2.18. The van der Waals surface area contributed by atoms with Gasteiger partial charge in [0.2, 0.25) is 0 Å². The van der Waals surface area contributed by atoms with Gasteiger partial charge in [0.05, 0.1) is 0 Å². The molecule has 0 aliphatic carbocycles. The minimum absolute atomic E-state index is 0.316. The zero-order valence-corrected chi connectivity index (χ0v) is 10.2. The Bertz CT molecular complexity index is 315. The van der Waals surface area contributed by atoms with Crippen LogP contribution in [0.5, 0.6) is 5.75 Å². The summed E-state index contributed by atoms with van der Waals surface area (Å²) in [5, 5.41) is 9.15. The van der Waals surface area contributed by atoms with Crippen LogP contribution in [0.25, 0.3) is 0 Å². The molecule has 1 N–H and O–H groups in total. The third-order valence-corrected chi connectivity index (χ3v) is 3.28. The summed E-state index contributed by atoms with van der Waals surface area (Å²) in [7, 11) is 0. The Kier molecular flexibility index (Phi) is 4.83.